The second-order valence-corrected chi connectivity index (χ2v) is 7.67. The van der Waals surface area contributed by atoms with Crippen LogP contribution in [0.3, 0.4) is 0 Å². The van der Waals surface area contributed by atoms with Crippen LogP contribution in [0.25, 0.3) is 11.3 Å². The molecule has 0 amide bonds. The zero-order valence-corrected chi connectivity index (χ0v) is 17.0. The number of ether oxygens (including phenoxy) is 2. The SMILES string of the molecule is COc1cc(-c2cnc(C3CCC(F)(F)C3)[nH]2)ccc1OCc1ccc(C(F)(F)F)cn1. The monoisotopic (exact) mass is 453 g/mol. The highest BCUT2D eigenvalue weighted by atomic mass is 19.4. The number of halogens is 5. The quantitative estimate of drug-likeness (QED) is 0.467. The first-order valence-electron chi connectivity index (χ1n) is 9.91. The van der Waals surface area contributed by atoms with E-state index >= 15 is 0 Å². The summed E-state index contributed by atoms with van der Waals surface area (Å²) < 4.78 is 75.9. The standard InChI is InChI=1S/C22H20F5N3O2/c1-31-19-8-13(17-11-29-20(30-17)14-6-7-21(23,24)9-14)2-5-18(19)32-12-16-4-3-15(10-28-16)22(25,26)27/h2-5,8,10-11,14H,6-7,9,12H2,1H3,(H,29,30). The van der Waals surface area contributed by atoms with Crippen molar-refractivity contribution in [3.63, 3.8) is 0 Å². The summed E-state index contributed by atoms with van der Waals surface area (Å²) in [5.74, 6) is -1.64. The summed E-state index contributed by atoms with van der Waals surface area (Å²) in [6.07, 6.45) is -2.07. The third-order valence-corrected chi connectivity index (χ3v) is 5.39. The number of aromatic amines is 1. The summed E-state index contributed by atoms with van der Waals surface area (Å²) in [6, 6.07) is 7.31. The Bertz CT molecular complexity index is 1080. The van der Waals surface area contributed by atoms with Gasteiger partial charge >= 0.3 is 6.18 Å². The number of rotatable bonds is 6. The molecular weight excluding hydrogens is 433 g/mol. The molecule has 1 aliphatic carbocycles. The molecule has 4 rings (SSSR count). The summed E-state index contributed by atoms with van der Waals surface area (Å²) in [5, 5.41) is 0. The maximum absolute atomic E-state index is 13.5. The van der Waals surface area contributed by atoms with Gasteiger partial charge in [0.25, 0.3) is 0 Å². The zero-order chi connectivity index (χ0) is 22.9. The zero-order valence-electron chi connectivity index (χ0n) is 17.0. The number of nitrogens with zero attached hydrogens (tertiary/aromatic N) is 2. The van der Waals surface area contributed by atoms with Gasteiger partial charge < -0.3 is 14.5 Å². The normalized spacial score (nSPS) is 18.0. The Kier molecular flexibility index (Phi) is 5.79. The van der Waals surface area contributed by atoms with Gasteiger partial charge in [-0.2, -0.15) is 13.2 Å². The molecule has 1 fully saturated rings. The average Bonchev–Trinajstić information content (AvgIpc) is 3.38. The maximum Gasteiger partial charge on any atom is 0.417 e. The van der Waals surface area contributed by atoms with Crippen LogP contribution in [0.1, 0.15) is 42.3 Å². The predicted molar refractivity (Wildman–Crippen MR) is 106 cm³/mol. The smallest absolute Gasteiger partial charge is 0.417 e. The number of methoxy groups -OCH3 is 1. The van der Waals surface area contributed by atoms with Crippen LogP contribution < -0.4 is 9.47 Å². The van der Waals surface area contributed by atoms with Crippen molar-refractivity contribution in [2.75, 3.05) is 7.11 Å². The van der Waals surface area contributed by atoms with Crippen molar-refractivity contribution in [2.24, 2.45) is 0 Å². The van der Waals surface area contributed by atoms with Crippen molar-refractivity contribution >= 4 is 0 Å². The van der Waals surface area contributed by atoms with Crippen LogP contribution in [-0.4, -0.2) is 28.0 Å². The highest BCUT2D eigenvalue weighted by Gasteiger charge is 2.41. The Balaban J connectivity index is 1.45. The van der Waals surface area contributed by atoms with Crippen LogP contribution in [0.15, 0.2) is 42.7 Å². The number of hydrogen-bond acceptors (Lipinski definition) is 4. The van der Waals surface area contributed by atoms with E-state index in [4.69, 9.17) is 9.47 Å². The highest BCUT2D eigenvalue weighted by molar-refractivity contribution is 5.63. The van der Waals surface area contributed by atoms with Gasteiger partial charge in [0.2, 0.25) is 5.92 Å². The van der Waals surface area contributed by atoms with E-state index in [0.29, 0.717) is 35.1 Å². The molecule has 0 aliphatic heterocycles. The molecule has 2 heterocycles. The van der Waals surface area contributed by atoms with Crippen molar-refractivity contribution in [3.05, 3.63) is 59.8 Å². The van der Waals surface area contributed by atoms with E-state index in [1.807, 2.05) is 0 Å². The van der Waals surface area contributed by atoms with Crippen LogP contribution in [0.4, 0.5) is 22.0 Å². The van der Waals surface area contributed by atoms with Crippen LogP contribution in [0, 0.1) is 0 Å². The molecule has 32 heavy (non-hydrogen) atoms. The third-order valence-electron chi connectivity index (χ3n) is 5.39. The summed E-state index contributed by atoms with van der Waals surface area (Å²) >= 11 is 0. The molecular formula is C22H20F5N3O2. The second-order valence-electron chi connectivity index (χ2n) is 7.67. The number of pyridine rings is 1. The van der Waals surface area contributed by atoms with Crippen molar-refractivity contribution in [2.45, 2.75) is 43.9 Å². The number of alkyl halides is 5. The van der Waals surface area contributed by atoms with Crippen LogP contribution in [0.5, 0.6) is 11.5 Å². The second kappa shape index (κ2) is 8.40. The van der Waals surface area contributed by atoms with Crippen molar-refractivity contribution in [3.8, 4) is 22.8 Å². The molecule has 0 saturated heterocycles. The van der Waals surface area contributed by atoms with Crippen molar-refractivity contribution in [1.29, 1.82) is 0 Å². The lowest BCUT2D eigenvalue weighted by atomic mass is 10.1. The molecule has 1 aliphatic rings. The van der Waals surface area contributed by atoms with Gasteiger partial charge in [-0.25, -0.2) is 13.8 Å². The van der Waals surface area contributed by atoms with Gasteiger partial charge in [0.1, 0.15) is 12.4 Å². The molecule has 1 aromatic carbocycles. The van der Waals surface area contributed by atoms with E-state index < -0.39 is 17.7 Å². The maximum atomic E-state index is 13.5. The number of nitrogens with one attached hydrogen (secondary N) is 1. The lowest BCUT2D eigenvalue weighted by Gasteiger charge is -2.12. The molecule has 0 spiro atoms. The van der Waals surface area contributed by atoms with Crippen LogP contribution in [-0.2, 0) is 12.8 Å². The number of H-pyrrole nitrogens is 1. The fourth-order valence-electron chi connectivity index (χ4n) is 3.66. The van der Waals surface area contributed by atoms with Gasteiger partial charge in [-0.05, 0) is 36.8 Å². The number of aromatic nitrogens is 3. The summed E-state index contributed by atoms with van der Waals surface area (Å²) in [4.78, 5) is 11.2. The van der Waals surface area contributed by atoms with Gasteiger partial charge in [0, 0.05) is 30.5 Å². The molecule has 2 aromatic heterocycles. The van der Waals surface area contributed by atoms with Gasteiger partial charge in [-0.1, -0.05) is 0 Å². The predicted octanol–water partition coefficient (Wildman–Crippen LogP) is 5.98. The topological polar surface area (TPSA) is 60.0 Å². The number of hydrogen-bond donors (Lipinski definition) is 1. The van der Waals surface area contributed by atoms with E-state index in [2.05, 4.69) is 15.0 Å². The molecule has 1 atom stereocenters. The van der Waals surface area contributed by atoms with E-state index in [1.165, 1.54) is 13.2 Å². The first kappa shape index (κ1) is 22.0. The molecule has 170 valence electrons. The average molecular weight is 453 g/mol. The Labute approximate surface area is 180 Å². The minimum Gasteiger partial charge on any atom is -0.493 e. The Morgan fingerprint density at radius 1 is 1.09 bits per heavy atom. The summed E-state index contributed by atoms with van der Waals surface area (Å²) in [5.41, 5.74) is 0.883. The molecule has 1 N–H and O–H groups in total. The Morgan fingerprint density at radius 2 is 1.91 bits per heavy atom. The number of imidazole rings is 1. The molecule has 0 bridgehead atoms. The lowest BCUT2D eigenvalue weighted by Crippen LogP contribution is -2.09. The third kappa shape index (κ3) is 4.84. The van der Waals surface area contributed by atoms with Gasteiger partial charge in [0.05, 0.1) is 30.3 Å². The van der Waals surface area contributed by atoms with Gasteiger partial charge in [0.15, 0.2) is 11.5 Å². The lowest BCUT2D eigenvalue weighted by molar-refractivity contribution is -0.137. The molecule has 5 nitrogen and oxygen atoms in total. The minimum atomic E-state index is -4.45. The molecule has 0 radical (unpaired) electrons. The van der Waals surface area contributed by atoms with Gasteiger partial charge in [-0.3, -0.25) is 4.98 Å². The van der Waals surface area contributed by atoms with E-state index in [0.717, 1.165) is 17.8 Å². The first-order valence-corrected chi connectivity index (χ1v) is 9.91. The first-order chi connectivity index (χ1) is 15.1. The van der Waals surface area contributed by atoms with Crippen LogP contribution in [0.2, 0.25) is 0 Å². The number of benzene rings is 1. The molecule has 10 heteroatoms. The molecule has 1 saturated carbocycles. The fourth-order valence-corrected chi connectivity index (χ4v) is 3.66. The van der Waals surface area contributed by atoms with E-state index in [-0.39, 0.29) is 25.4 Å². The van der Waals surface area contributed by atoms with Crippen molar-refractivity contribution in [1.82, 2.24) is 15.0 Å². The molecule has 3 aromatic rings. The highest BCUT2D eigenvalue weighted by Crippen LogP contribution is 2.43. The Morgan fingerprint density at radius 3 is 2.53 bits per heavy atom. The summed E-state index contributed by atoms with van der Waals surface area (Å²) in [7, 11) is 1.46. The van der Waals surface area contributed by atoms with E-state index in [9.17, 15) is 22.0 Å². The van der Waals surface area contributed by atoms with Gasteiger partial charge in [-0.15, -0.1) is 0 Å². The molecule has 1 unspecified atom stereocenters. The summed E-state index contributed by atoms with van der Waals surface area (Å²) in [6.45, 7) is -0.0437. The largest absolute Gasteiger partial charge is 0.493 e. The van der Waals surface area contributed by atoms with Crippen molar-refractivity contribution < 1.29 is 31.4 Å². The Hall–Kier alpha value is -3.17. The minimum absolute atomic E-state index is 0.0437. The van der Waals surface area contributed by atoms with E-state index in [1.54, 1.807) is 24.4 Å². The fraction of sp³-hybridized carbons (Fsp3) is 0.364. The van der Waals surface area contributed by atoms with Crippen LogP contribution >= 0.6 is 0 Å².